The highest BCUT2D eigenvalue weighted by atomic mass is 16.3. The lowest BCUT2D eigenvalue weighted by Gasteiger charge is -2.11. The highest BCUT2D eigenvalue weighted by molar-refractivity contribution is 4.76. The molecule has 1 atom stereocenters. The first kappa shape index (κ1) is 19.2. The first-order valence-electron chi connectivity index (χ1n) is 9.50. The zero-order valence-electron chi connectivity index (χ0n) is 14.6. The number of unbranched alkanes of at least 4 members (excludes halogenated alkanes) is 12. The van der Waals surface area contributed by atoms with E-state index < -0.39 is 6.23 Å². The number of imidazole rings is 1. The molecule has 3 heteroatoms. The molecule has 1 unspecified atom stereocenters. The van der Waals surface area contributed by atoms with Gasteiger partial charge in [-0.15, -0.1) is 0 Å². The molecule has 0 aliphatic carbocycles. The van der Waals surface area contributed by atoms with Crippen molar-refractivity contribution in [3.63, 3.8) is 0 Å². The van der Waals surface area contributed by atoms with Crippen molar-refractivity contribution in [1.29, 1.82) is 0 Å². The molecule has 0 spiro atoms. The summed E-state index contributed by atoms with van der Waals surface area (Å²) in [4.78, 5) is 3.96. The molecule has 1 aromatic heterocycles. The van der Waals surface area contributed by atoms with E-state index in [1.165, 1.54) is 77.0 Å². The Morgan fingerprint density at radius 3 is 1.77 bits per heavy atom. The Bertz CT molecular complexity index is 324. The molecule has 0 radical (unpaired) electrons. The quantitative estimate of drug-likeness (QED) is 0.412. The Morgan fingerprint density at radius 2 is 1.32 bits per heavy atom. The Labute approximate surface area is 137 Å². The van der Waals surface area contributed by atoms with Crippen LogP contribution in [0.3, 0.4) is 0 Å². The van der Waals surface area contributed by atoms with Gasteiger partial charge in [0.25, 0.3) is 0 Å². The SMILES string of the molecule is CCCCCCCCCCCCCCCC(O)n1ccnc1. The number of hydrogen-bond donors (Lipinski definition) is 1. The normalized spacial score (nSPS) is 12.6. The van der Waals surface area contributed by atoms with Crippen molar-refractivity contribution in [3.8, 4) is 0 Å². The lowest BCUT2D eigenvalue weighted by atomic mass is 10.0. The molecule has 1 N–H and O–H groups in total. The Morgan fingerprint density at radius 1 is 0.818 bits per heavy atom. The lowest BCUT2D eigenvalue weighted by molar-refractivity contribution is 0.0912. The number of aliphatic hydroxyl groups excluding tert-OH is 1. The zero-order valence-corrected chi connectivity index (χ0v) is 14.6. The van der Waals surface area contributed by atoms with Gasteiger partial charge in [-0.25, -0.2) is 4.98 Å². The van der Waals surface area contributed by atoms with Gasteiger partial charge in [-0.3, -0.25) is 0 Å². The van der Waals surface area contributed by atoms with Gasteiger partial charge in [-0.2, -0.15) is 0 Å². The van der Waals surface area contributed by atoms with Crippen molar-refractivity contribution in [2.24, 2.45) is 0 Å². The highest BCUT2D eigenvalue weighted by Crippen LogP contribution is 2.15. The molecule has 0 aliphatic rings. The predicted molar refractivity (Wildman–Crippen MR) is 93.8 cm³/mol. The largest absolute Gasteiger partial charge is 0.373 e. The molecule has 1 aromatic rings. The lowest BCUT2D eigenvalue weighted by Crippen LogP contribution is -2.05. The standard InChI is InChI=1S/C19H36N2O/c1-2-3-4-5-6-7-8-9-10-11-12-13-14-15-19(22)21-17-16-20-18-21/h16-19,22H,2-15H2,1H3. The van der Waals surface area contributed by atoms with Crippen molar-refractivity contribution in [2.75, 3.05) is 0 Å². The predicted octanol–water partition coefficient (Wildman–Crippen LogP) is 5.86. The molecule has 0 saturated heterocycles. The summed E-state index contributed by atoms with van der Waals surface area (Å²) in [6.07, 6.45) is 23.4. The second-order valence-corrected chi connectivity index (χ2v) is 6.52. The van der Waals surface area contributed by atoms with Gasteiger partial charge >= 0.3 is 0 Å². The summed E-state index contributed by atoms with van der Waals surface area (Å²) >= 11 is 0. The highest BCUT2D eigenvalue weighted by Gasteiger charge is 2.04. The molecule has 22 heavy (non-hydrogen) atoms. The minimum absolute atomic E-state index is 0.393. The molecular formula is C19H36N2O. The number of aromatic nitrogens is 2. The van der Waals surface area contributed by atoms with Gasteiger partial charge in [0.2, 0.25) is 0 Å². The molecule has 3 nitrogen and oxygen atoms in total. The molecule has 1 rings (SSSR count). The third-order valence-corrected chi connectivity index (χ3v) is 4.43. The van der Waals surface area contributed by atoms with Crippen LogP contribution in [0, 0.1) is 0 Å². The van der Waals surface area contributed by atoms with Gasteiger partial charge in [0.1, 0.15) is 6.23 Å². The van der Waals surface area contributed by atoms with Crippen LogP contribution in [0.5, 0.6) is 0 Å². The van der Waals surface area contributed by atoms with Gasteiger partial charge < -0.3 is 9.67 Å². The molecule has 1 heterocycles. The van der Waals surface area contributed by atoms with Gasteiger partial charge in [0.15, 0.2) is 0 Å². The van der Waals surface area contributed by atoms with Crippen LogP contribution in [0.2, 0.25) is 0 Å². The molecule has 0 amide bonds. The monoisotopic (exact) mass is 308 g/mol. The summed E-state index contributed by atoms with van der Waals surface area (Å²) in [6, 6.07) is 0. The van der Waals surface area contributed by atoms with E-state index in [0.717, 1.165) is 12.8 Å². The van der Waals surface area contributed by atoms with E-state index in [0.29, 0.717) is 0 Å². The summed E-state index contributed by atoms with van der Waals surface area (Å²) in [5.74, 6) is 0. The van der Waals surface area contributed by atoms with Gasteiger partial charge in [-0.05, 0) is 12.8 Å². The van der Waals surface area contributed by atoms with Crippen LogP contribution in [-0.4, -0.2) is 14.7 Å². The fraction of sp³-hybridized carbons (Fsp3) is 0.842. The van der Waals surface area contributed by atoms with Crippen molar-refractivity contribution < 1.29 is 5.11 Å². The van der Waals surface area contributed by atoms with Crippen LogP contribution in [0.15, 0.2) is 18.7 Å². The van der Waals surface area contributed by atoms with E-state index in [2.05, 4.69) is 11.9 Å². The van der Waals surface area contributed by atoms with Crippen LogP contribution in [0.4, 0.5) is 0 Å². The number of nitrogens with zero attached hydrogens (tertiary/aromatic N) is 2. The van der Waals surface area contributed by atoms with Crippen LogP contribution < -0.4 is 0 Å². The Hall–Kier alpha value is -0.830. The number of hydrogen-bond acceptors (Lipinski definition) is 2. The summed E-state index contributed by atoms with van der Waals surface area (Å²) in [5, 5.41) is 9.91. The molecule has 0 aliphatic heterocycles. The van der Waals surface area contributed by atoms with Crippen LogP contribution in [0.25, 0.3) is 0 Å². The van der Waals surface area contributed by atoms with Gasteiger partial charge in [-0.1, -0.05) is 84.0 Å². The molecule has 128 valence electrons. The average Bonchev–Trinajstić information content (AvgIpc) is 3.06. The maximum absolute atomic E-state index is 9.91. The van der Waals surface area contributed by atoms with E-state index in [9.17, 15) is 5.11 Å². The fourth-order valence-electron chi connectivity index (χ4n) is 2.94. The maximum atomic E-state index is 9.91. The van der Waals surface area contributed by atoms with Gasteiger partial charge in [0, 0.05) is 12.4 Å². The molecule has 0 fully saturated rings. The summed E-state index contributed by atoms with van der Waals surface area (Å²) in [7, 11) is 0. The minimum Gasteiger partial charge on any atom is -0.373 e. The van der Waals surface area contributed by atoms with Crippen LogP contribution >= 0.6 is 0 Å². The van der Waals surface area contributed by atoms with E-state index in [-0.39, 0.29) is 0 Å². The summed E-state index contributed by atoms with van der Waals surface area (Å²) in [6.45, 7) is 2.28. The van der Waals surface area contributed by atoms with Gasteiger partial charge in [0.05, 0.1) is 6.33 Å². The first-order chi connectivity index (χ1) is 10.8. The zero-order chi connectivity index (χ0) is 15.9. The van der Waals surface area contributed by atoms with E-state index in [1.54, 1.807) is 17.1 Å². The third-order valence-electron chi connectivity index (χ3n) is 4.43. The van der Waals surface area contributed by atoms with Crippen molar-refractivity contribution in [3.05, 3.63) is 18.7 Å². The maximum Gasteiger partial charge on any atom is 0.131 e. The van der Waals surface area contributed by atoms with Crippen molar-refractivity contribution in [2.45, 2.75) is 103 Å². The topological polar surface area (TPSA) is 38.0 Å². The minimum atomic E-state index is -0.393. The number of aliphatic hydroxyl groups is 1. The van der Waals surface area contributed by atoms with Crippen LogP contribution in [0.1, 0.15) is 103 Å². The molecule has 0 bridgehead atoms. The molecular weight excluding hydrogens is 272 g/mol. The molecule has 0 saturated carbocycles. The average molecular weight is 309 g/mol. The second-order valence-electron chi connectivity index (χ2n) is 6.52. The summed E-state index contributed by atoms with van der Waals surface area (Å²) in [5.41, 5.74) is 0. The third kappa shape index (κ3) is 9.99. The second kappa shape index (κ2) is 13.8. The van der Waals surface area contributed by atoms with Crippen molar-refractivity contribution >= 4 is 0 Å². The Balaban J connectivity index is 1.76. The van der Waals surface area contributed by atoms with E-state index >= 15 is 0 Å². The molecule has 0 aromatic carbocycles. The smallest absolute Gasteiger partial charge is 0.131 e. The van der Waals surface area contributed by atoms with E-state index in [1.807, 2.05) is 6.20 Å². The Kier molecular flexibility index (Phi) is 12.1. The number of rotatable bonds is 15. The first-order valence-corrected chi connectivity index (χ1v) is 9.50. The fourth-order valence-corrected chi connectivity index (χ4v) is 2.94. The van der Waals surface area contributed by atoms with E-state index in [4.69, 9.17) is 0 Å². The van der Waals surface area contributed by atoms with Crippen molar-refractivity contribution in [1.82, 2.24) is 9.55 Å². The van der Waals surface area contributed by atoms with Crippen LogP contribution in [-0.2, 0) is 0 Å². The summed E-state index contributed by atoms with van der Waals surface area (Å²) < 4.78 is 1.78.